The lowest BCUT2D eigenvalue weighted by Crippen LogP contribution is -2.32. The van der Waals surface area contributed by atoms with E-state index < -0.39 is 17.7 Å². The van der Waals surface area contributed by atoms with Crippen molar-refractivity contribution < 1.29 is 19.4 Å². The van der Waals surface area contributed by atoms with Crippen LogP contribution in [0.1, 0.15) is 23.6 Å². The fraction of sp³-hybridized carbons (Fsp3) is 0.318. The second-order valence-electron chi connectivity index (χ2n) is 7.29. The van der Waals surface area contributed by atoms with Crippen molar-refractivity contribution >= 4 is 29.1 Å². The molecule has 0 spiro atoms. The Morgan fingerprint density at radius 2 is 2.07 bits per heavy atom. The quantitative estimate of drug-likeness (QED) is 0.413. The van der Waals surface area contributed by atoms with Gasteiger partial charge in [-0.2, -0.15) is 0 Å². The number of halogens is 1. The maximum Gasteiger partial charge on any atom is 0.295 e. The summed E-state index contributed by atoms with van der Waals surface area (Å²) in [5, 5.41) is 11.3. The maximum absolute atomic E-state index is 12.9. The first-order valence-corrected chi connectivity index (χ1v) is 9.90. The molecule has 0 bridgehead atoms. The van der Waals surface area contributed by atoms with Gasteiger partial charge < -0.3 is 19.6 Å². The van der Waals surface area contributed by atoms with Gasteiger partial charge >= 0.3 is 0 Å². The predicted molar refractivity (Wildman–Crippen MR) is 114 cm³/mol. The summed E-state index contributed by atoms with van der Waals surface area (Å²) < 4.78 is 5.14. The number of ether oxygens (including phenoxy) is 1. The number of nitrogens with zero attached hydrogens (tertiary/aromatic N) is 3. The number of ketones is 1. The highest BCUT2D eigenvalue weighted by Crippen LogP contribution is 2.40. The number of methoxy groups -OCH3 is 1. The van der Waals surface area contributed by atoms with Crippen LogP contribution >= 0.6 is 11.6 Å². The first-order valence-electron chi connectivity index (χ1n) is 9.52. The number of pyridine rings is 1. The van der Waals surface area contributed by atoms with Crippen LogP contribution in [-0.4, -0.2) is 65.9 Å². The summed E-state index contributed by atoms with van der Waals surface area (Å²) in [7, 11) is 5.38. The lowest BCUT2D eigenvalue weighted by atomic mass is 9.96. The molecule has 1 aliphatic rings. The van der Waals surface area contributed by atoms with Crippen molar-refractivity contribution in [2.45, 2.75) is 12.5 Å². The molecule has 1 aromatic carbocycles. The minimum absolute atomic E-state index is 0.0269. The van der Waals surface area contributed by atoms with E-state index in [2.05, 4.69) is 4.98 Å². The molecule has 0 saturated carbocycles. The third kappa shape index (κ3) is 4.32. The number of aromatic nitrogens is 1. The molecule has 1 aliphatic heterocycles. The fourth-order valence-electron chi connectivity index (χ4n) is 3.52. The van der Waals surface area contributed by atoms with Gasteiger partial charge in [0, 0.05) is 24.5 Å². The number of rotatable bonds is 7. The van der Waals surface area contributed by atoms with Gasteiger partial charge in [0.1, 0.15) is 11.5 Å². The molecule has 0 unspecified atom stereocenters. The van der Waals surface area contributed by atoms with Crippen molar-refractivity contribution in [3.05, 3.63) is 64.4 Å². The summed E-state index contributed by atoms with van der Waals surface area (Å²) in [5.41, 5.74) is 1.02. The molecule has 1 saturated heterocycles. The predicted octanol–water partition coefficient (Wildman–Crippen LogP) is 3.12. The van der Waals surface area contributed by atoms with Gasteiger partial charge in [0.25, 0.3) is 11.7 Å². The van der Waals surface area contributed by atoms with Gasteiger partial charge in [0.15, 0.2) is 0 Å². The third-order valence-corrected chi connectivity index (χ3v) is 5.27. The summed E-state index contributed by atoms with van der Waals surface area (Å²) in [5.74, 6) is -1.19. The molecule has 0 radical (unpaired) electrons. The molecule has 30 heavy (non-hydrogen) atoms. The second-order valence-corrected chi connectivity index (χ2v) is 7.69. The molecule has 1 amide bonds. The van der Waals surface area contributed by atoms with E-state index >= 15 is 0 Å². The average Bonchev–Trinajstić information content (AvgIpc) is 2.98. The zero-order chi connectivity index (χ0) is 21.8. The fourth-order valence-corrected chi connectivity index (χ4v) is 3.78. The molecular formula is C22H24ClN3O4. The Labute approximate surface area is 180 Å². The number of Topliss-reactive ketones (excluding diaryl/α,β-unsaturated/α-hetero) is 1. The van der Waals surface area contributed by atoms with E-state index in [0.29, 0.717) is 34.9 Å². The number of hydrogen-bond acceptors (Lipinski definition) is 6. The lowest BCUT2D eigenvalue weighted by molar-refractivity contribution is -0.139. The van der Waals surface area contributed by atoms with Gasteiger partial charge in [-0.1, -0.05) is 17.7 Å². The highest BCUT2D eigenvalue weighted by Gasteiger charge is 2.45. The van der Waals surface area contributed by atoms with Crippen LogP contribution in [0.3, 0.4) is 0 Å². The van der Waals surface area contributed by atoms with E-state index in [1.165, 1.54) is 18.1 Å². The van der Waals surface area contributed by atoms with Crippen LogP contribution in [0.15, 0.2) is 48.3 Å². The van der Waals surface area contributed by atoms with E-state index in [0.717, 1.165) is 6.54 Å². The SMILES string of the molecule is COc1ccc(C(O)=C2C(=O)C(=O)N(CCCN(C)C)[C@H]2c2cccnc2)cc1Cl. The van der Waals surface area contributed by atoms with Crippen molar-refractivity contribution in [1.29, 1.82) is 0 Å². The Morgan fingerprint density at radius 1 is 1.30 bits per heavy atom. The first-order chi connectivity index (χ1) is 14.3. The monoisotopic (exact) mass is 429 g/mol. The molecule has 158 valence electrons. The second kappa shape index (κ2) is 9.28. The minimum Gasteiger partial charge on any atom is -0.507 e. The molecule has 2 heterocycles. The number of amides is 1. The Bertz CT molecular complexity index is 976. The van der Waals surface area contributed by atoms with Gasteiger partial charge in [-0.05, 0) is 56.9 Å². The topological polar surface area (TPSA) is 83.0 Å². The number of carbonyl (C=O) groups is 2. The van der Waals surface area contributed by atoms with E-state index in [4.69, 9.17) is 16.3 Å². The van der Waals surface area contributed by atoms with Gasteiger partial charge in [-0.15, -0.1) is 0 Å². The van der Waals surface area contributed by atoms with Crippen LogP contribution in [0.4, 0.5) is 0 Å². The lowest BCUT2D eigenvalue weighted by Gasteiger charge is -2.25. The Morgan fingerprint density at radius 3 is 2.67 bits per heavy atom. The molecule has 7 nitrogen and oxygen atoms in total. The molecule has 1 aromatic heterocycles. The summed E-state index contributed by atoms with van der Waals surface area (Å²) in [6.45, 7) is 1.14. The summed E-state index contributed by atoms with van der Waals surface area (Å²) in [6, 6.07) is 7.51. The van der Waals surface area contributed by atoms with Gasteiger partial charge in [0.2, 0.25) is 0 Å². The standard InChI is InChI=1S/C22H24ClN3O4/c1-25(2)10-5-11-26-19(15-6-4-9-24-13-15)18(21(28)22(26)29)20(27)14-7-8-17(30-3)16(23)12-14/h4,6-9,12-13,19,27H,5,10-11H2,1-3H3/t19-/m0/s1. The van der Waals surface area contributed by atoms with Crippen LogP contribution in [0.5, 0.6) is 5.75 Å². The largest absolute Gasteiger partial charge is 0.507 e. The maximum atomic E-state index is 12.9. The van der Waals surface area contributed by atoms with Crippen molar-refractivity contribution in [2.24, 2.45) is 0 Å². The van der Waals surface area contributed by atoms with E-state index in [9.17, 15) is 14.7 Å². The summed E-state index contributed by atoms with van der Waals surface area (Å²) in [4.78, 5) is 33.4. The third-order valence-electron chi connectivity index (χ3n) is 4.97. The Hall–Kier alpha value is -2.90. The highest BCUT2D eigenvalue weighted by atomic mass is 35.5. The molecule has 1 N–H and O–H groups in total. The van der Waals surface area contributed by atoms with Gasteiger partial charge in [-0.25, -0.2) is 0 Å². The van der Waals surface area contributed by atoms with Crippen LogP contribution in [0, 0.1) is 0 Å². The van der Waals surface area contributed by atoms with Crippen molar-refractivity contribution in [3.63, 3.8) is 0 Å². The minimum atomic E-state index is -0.724. The van der Waals surface area contributed by atoms with Gasteiger partial charge in [0.05, 0.1) is 23.7 Å². The normalized spacial score (nSPS) is 18.3. The molecular weight excluding hydrogens is 406 g/mol. The molecule has 1 fully saturated rings. The summed E-state index contributed by atoms with van der Waals surface area (Å²) in [6.07, 6.45) is 3.90. The number of hydrogen-bond donors (Lipinski definition) is 1. The van der Waals surface area contributed by atoms with Crippen LogP contribution < -0.4 is 4.74 Å². The van der Waals surface area contributed by atoms with E-state index in [1.54, 1.807) is 36.7 Å². The van der Waals surface area contributed by atoms with Crippen LogP contribution in [-0.2, 0) is 9.59 Å². The zero-order valence-electron chi connectivity index (χ0n) is 17.1. The van der Waals surface area contributed by atoms with E-state index in [1.807, 2.05) is 19.0 Å². The summed E-state index contributed by atoms with van der Waals surface area (Å²) >= 11 is 6.19. The van der Waals surface area contributed by atoms with Crippen molar-refractivity contribution in [2.75, 3.05) is 34.3 Å². The van der Waals surface area contributed by atoms with Crippen LogP contribution in [0.25, 0.3) is 5.76 Å². The van der Waals surface area contributed by atoms with Crippen LogP contribution in [0.2, 0.25) is 5.02 Å². The number of likely N-dealkylation sites (tertiary alicyclic amines) is 1. The smallest absolute Gasteiger partial charge is 0.295 e. The average molecular weight is 430 g/mol. The molecule has 8 heteroatoms. The molecule has 0 aliphatic carbocycles. The van der Waals surface area contributed by atoms with Crippen molar-refractivity contribution in [3.8, 4) is 5.75 Å². The Balaban J connectivity index is 2.08. The van der Waals surface area contributed by atoms with Gasteiger partial charge in [-0.3, -0.25) is 14.6 Å². The molecule has 2 aromatic rings. The highest BCUT2D eigenvalue weighted by molar-refractivity contribution is 6.46. The number of benzene rings is 1. The zero-order valence-corrected chi connectivity index (χ0v) is 17.9. The first kappa shape index (κ1) is 21.8. The Kier molecular flexibility index (Phi) is 6.74. The van der Waals surface area contributed by atoms with Crippen molar-refractivity contribution in [1.82, 2.24) is 14.8 Å². The number of aliphatic hydroxyl groups excluding tert-OH is 1. The number of aliphatic hydroxyl groups is 1. The molecule has 1 atom stereocenters. The molecule has 3 rings (SSSR count). The van der Waals surface area contributed by atoms with E-state index in [-0.39, 0.29) is 11.3 Å². The number of carbonyl (C=O) groups excluding carboxylic acids is 2.